The van der Waals surface area contributed by atoms with Gasteiger partial charge in [-0.15, -0.1) is 0 Å². The Morgan fingerprint density at radius 3 is 1.16 bits per heavy atom. The first kappa shape index (κ1) is 63.2. The third-order valence-electron chi connectivity index (χ3n) is 13.0. The number of amides is 1. The van der Waals surface area contributed by atoms with Crippen molar-refractivity contribution in [2.45, 2.75) is 296 Å². The molecule has 0 aliphatic heterocycles. The number of hydrogen-bond donors (Lipinski definition) is 3. The van der Waals surface area contributed by atoms with Gasteiger partial charge in [-0.25, -0.2) is 4.57 Å². The van der Waals surface area contributed by atoms with Gasteiger partial charge in [0.25, 0.3) is 0 Å². The van der Waals surface area contributed by atoms with E-state index >= 15 is 0 Å². The monoisotopic (exact) mass is 928 g/mol. The minimum atomic E-state index is -4.34. The molecule has 64 heavy (non-hydrogen) atoms. The standard InChI is InChI=1S/C55H111N2O6P/c1-6-8-10-12-14-16-18-20-22-24-26-27-28-29-31-33-35-37-39-41-43-45-47-49-55(59)56-53(52-63-64(60,61)62-51-50-57(3,4)5)54(58)48-46-44-42-40-38-36-34-32-30-25-23-21-19-17-15-13-11-9-7-2/h46,48,53-54,58H,6-45,47,49-52H2,1-5H3,(H-,56,59,60,61)/p+1/b48-46+. The fourth-order valence-corrected chi connectivity index (χ4v) is 9.31. The van der Waals surface area contributed by atoms with Gasteiger partial charge in [-0.1, -0.05) is 270 Å². The summed E-state index contributed by atoms with van der Waals surface area (Å²) >= 11 is 0. The van der Waals surface area contributed by atoms with Gasteiger partial charge in [-0.2, -0.15) is 0 Å². The molecule has 0 spiro atoms. The molecule has 0 aliphatic rings. The molecule has 0 aromatic rings. The molecule has 3 atom stereocenters. The Hall–Kier alpha value is -0.760. The molecular formula is C55H112N2O6P+. The number of hydrogen-bond acceptors (Lipinski definition) is 5. The van der Waals surface area contributed by atoms with Crippen molar-refractivity contribution in [3.05, 3.63) is 12.2 Å². The largest absolute Gasteiger partial charge is 0.472 e. The zero-order valence-electron chi connectivity index (χ0n) is 43.6. The maximum absolute atomic E-state index is 13.0. The van der Waals surface area contributed by atoms with Crippen molar-refractivity contribution in [3.63, 3.8) is 0 Å². The van der Waals surface area contributed by atoms with Crippen LogP contribution in [0.4, 0.5) is 0 Å². The molecule has 0 radical (unpaired) electrons. The van der Waals surface area contributed by atoms with E-state index < -0.39 is 20.0 Å². The maximum atomic E-state index is 13.0. The number of phosphoric ester groups is 1. The van der Waals surface area contributed by atoms with Crippen molar-refractivity contribution in [2.24, 2.45) is 0 Å². The summed E-state index contributed by atoms with van der Waals surface area (Å²) < 4.78 is 23.7. The molecule has 382 valence electrons. The van der Waals surface area contributed by atoms with E-state index in [1.807, 2.05) is 27.2 Å². The van der Waals surface area contributed by atoms with Gasteiger partial charge in [0.1, 0.15) is 13.2 Å². The number of nitrogens with one attached hydrogen (secondary N) is 1. The van der Waals surface area contributed by atoms with Crippen LogP contribution in [0.5, 0.6) is 0 Å². The minimum Gasteiger partial charge on any atom is -0.387 e. The van der Waals surface area contributed by atoms with E-state index in [2.05, 4.69) is 19.2 Å². The fraction of sp³-hybridized carbons (Fsp3) is 0.945. The number of carbonyl (C=O) groups is 1. The number of quaternary nitrogens is 1. The second kappa shape index (κ2) is 47.3. The van der Waals surface area contributed by atoms with Gasteiger partial charge in [0.15, 0.2) is 0 Å². The van der Waals surface area contributed by atoms with Gasteiger partial charge >= 0.3 is 7.82 Å². The topological polar surface area (TPSA) is 105 Å². The number of nitrogens with zero attached hydrogens (tertiary/aromatic N) is 1. The molecule has 0 fully saturated rings. The smallest absolute Gasteiger partial charge is 0.387 e. The normalized spacial score (nSPS) is 14.0. The number of unbranched alkanes of at least 4 members (excludes halogenated alkanes) is 39. The van der Waals surface area contributed by atoms with Gasteiger partial charge in [0, 0.05) is 6.42 Å². The molecule has 1 amide bonds. The molecular weight excluding hydrogens is 816 g/mol. The quantitative estimate of drug-likeness (QED) is 0.0243. The van der Waals surface area contributed by atoms with Crippen LogP contribution in [-0.4, -0.2) is 73.4 Å². The SMILES string of the molecule is CCCCCCCCCCCCCCCCCCC/C=C/C(O)C(COP(=O)(O)OCC[N+](C)(C)C)NC(=O)CCCCCCCCCCCCCCCCCCCCCCCCC. The molecule has 8 nitrogen and oxygen atoms in total. The van der Waals surface area contributed by atoms with Crippen molar-refractivity contribution in [1.82, 2.24) is 5.32 Å². The lowest BCUT2D eigenvalue weighted by Gasteiger charge is -2.25. The summed E-state index contributed by atoms with van der Waals surface area (Å²) in [7, 11) is 1.59. The third-order valence-corrected chi connectivity index (χ3v) is 14.0. The average Bonchev–Trinajstić information content (AvgIpc) is 3.25. The molecule has 3 N–H and O–H groups in total. The van der Waals surface area contributed by atoms with Crippen LogP contribution in [0.2, 0.25) is 0 Å². The van der Waals surface area contributed by atoms with Crippen LogP contribution in [0.1, 0.15) is 284 Å². The number of phosphoric acid groups is 1. The Labute approximate surface area is 399 Å². The van der Waals surface area contributed by atoms with E-state index in [-0.39, 0.29) is 19.1 Å². The summed E-state index contributed by atoms with van der Waals surface area (Å²) in [4.78, 5) is 23.3. The van der Waals surface area contributed by atoms with E-state index in [0.29, 0.717) is 17.4 Å². The second-order valence-corrected chi connectivity index (χ2v) is 22.1. The van der Waals surface area contributed by atoms with Crippen LogP contribution in [0.15, 0.2) is 12.2 Å². The summed E-state index contributed by atoms with van der Waals surface area (Å²) in [6.45, 7) is 4.86. The minimum absolute atomic E-state index is 0.0651. The fourth-order valence-electron chi connectivity index (χ4n) is 8.57. The number of carbonyl (C=O) groups excluding carboxylic acids is 1. The van der Waals surface area contributed by atoms with Gasteiger partial charge in [0.2, 0.25) is 5.91 Å². The molecule has 0 rings (SSSR count). The van der Waals surface area contributed by atoms with Crippen molar-refractivity contribution in [2.75, 3.05) is 40.9 Å². The van der Waals surface area contributed by atoms with Crippen molar-refractivity contribution in [3.8, 4) is 0 Å². The van der Waals surface area contributed by atoms with E-state index in [9.17, 15) is 19.4 Å². The molecule has 0 aromatic heterocycles. The van der Waals surface area contributed by atoms with Crippen molar-refractivity contribution in [1.29, 1.82) is 0 Å². The summed E-state index contributed by atoms with van der Waals surface area (Å²) in [6.07, 6.45) is 57.3. The zero-order chi connectivity index (χ0) is 47.1. The average molecular weight is 928 g/mol. The highest BCUT2D eigenvalue weighted by molar-refractivity contribution is 7.47. The van der Waals surface area contributed by atoms with Crippen LogP contribution < -0.4 is 5.32 Å². The number of rotatable bonds is 52. The lowest BCUT2D eigenvalue weighted by molar-refractivity contribution is -0.870. The molecule has 0 saturated carbocycles. The maximum Gasteiger partial charge on any atom is 0.472 e. The van der Waals surface area contributed by atoms with Crippen LogP contribution in [-0.2, 0) is 18.4 Å². The second-order valence-electron chi connectivity index (χ2n) is 20.7. The van der Waals surface area contributed by atoms with Crippen molar-refractivity contribution < 1.29 is 32.9 Å². The molecule has 9 heteroatoms. The molecule has 0 aliphatic carbocycles. The van der Waals surface area contributed by atoms with Gasteiger partial charge in [-0.3, -0.25) is 13.8 Å². The highest BCUT2D eigenvalue weighted by Gasteiger charge is 2.27. The lowest BCUT2D eigenvalue weighted by atomic mass is 10.0. The summed E-state index contributed by atoms with van der Waals surface area (Å²) in [5.74, 6) is -0.170. The molecule has 3 unspecified atom stereocenters. The Kier molecular flexibility index (Phi) is 46.8. The Bertz CT molecular complexity index is 1050. The van der Waals surface area contributed by atoms with Gasteiger partial charge in [-0.05, 0) is 19.3 Å². The van der Waals surface area contributed by atoms with Gasteiger partial charge in [0.05, 0.1) is 39.9 Å². The van der Waals surface area contributed by atoms with E-state index in [1.54, 1.807) is 6.08 Å². The number of likely N-dealkylation sites (N-methyl/N-ethyl adjacent to an activating group) is 1. The third kappa shape index (κ3) is 49.2. The highest BCUT2D eigenvalue weighted by Crippen LogP contribution is 2.43. The Morgan fingerprint density at radius 2 is 0.828 bits per heavy atom. The van der Waals surface area contributed by atoms with E-state index in [1.165, 1.54) is 231 Å². The zero-order valence-corrected chi connectivity index (χ0v) is 44.4. The predicted molar refractivity (Wildman–Crippen MR) is 277 cm³/mol. The number of allylic oxidation sites excluding steroid dienone is 1. The summed E-state index contributed by atoms with van der Waals surface area (Å²) in [5, 5.41) is 13.9. The van der Waals surface area contributed by atoms with E-state index in [4.69, 9.17) is 9.05 Å². The first-order chi connectivity index (χ1) is 31.0. The first-order valence-corrected chi connectivity index (χ1v) is 29.6. The predicted octanol–water partition coefficient (Wildman–Crippen LogP) is 16.7. The van der Waals surface area contributed by atoms with Crippen LogP contribution in [0.3, 0.4) is 0 Å². The first-order valence-electron chi connectivity index (χ1n) is 28.1. The molecule has 0 heterocycles. The van der Waals surface area contributed by atoms with Crippen molar-refractivity contribution >= 4 is 13.7 Å². The summed E-state index contributed by atoms with van der Waals surface area (Å²) in [6, 6.07) is -0.841. The van der Waals surface area contributed by atoms with Crippen LogP contribution >= 0.6 is 7.82 Å². The van der Waals surface area contributed by atoms with E-state index in [0.717, 1.165) is 32.1 Å². The molecule has 0 saturated heterocycles. The van der Waals surface area contributed by atoms with Crippen LogP contribution in [0, 0.1) is 0 Å². The molecule has 0 aromatic carbocycles. The molecule has 0 bridgehead atoms. The summed E-state index contributed by atoms with van der Waals surface area (Å²) in [5.41, 5.74) is 0. The number of aliphatic hydroxyl groups is 1. The Balaban J connectivity index is 4.19. The highest BCUT2D eigenvalue weighted by atomic mass is 31.2. The number of aliphatic hydroxyl groups excluding tert-OH is 1. The van der Waals surface area contributed by atoms with Gasteiger partial charge < -0.3 is 19.8 Å². The lowest BCUT2D eigenvalue weighted by Crippen LogP contribution is -2.45. The Morgan fingerprint density at radius 1 is 0.516 bits per heavy atom. The van der Waals surface area contributed by atoms with Crippen LogP contribution in [0.25, 0.3) is 0 Å².